The van der Waals surface area contributed by atoms with Gasteiger partial charge in [0.1, 0.15) is 0 Å². The van der Waals surface area contributed by atoms with E-state index in [0.29, 0.717) is 17.9 Å². The average molecular weight is 311 g/mol. The molecule has 22 heavy (non-hydrogen) atoms. The largest absolute Gasteiger partial charge is 0.478 e. The highest BCUT2D eigenvalue weighted by Crippen LogP contribution is 2.36. The highest BCUT2D eigenvalue weighted by atomic mass is 32.1. The maximum Gasteiger partial charge on any atom is 0.336 e. The van der Waals surface area contributed by atoms with E-state index in [0.717, 1.165) is 21.8 Å². The summed E-state index contributed by atoms with van der Waals surface area (Å²) < 4.78 is 0. The summed E-state index contributed by atoms with van der Waals surface area (Å²) in [6.45, 7) is 1.95. The molecule has 1 saturated carbocycles. The van der Waals surface area contributed by atoms with Crippen molar-refractivity contribution in [3.8, 4) is 11.8 Å². The Bertz CT molecular complexity index is 763. The minimum atomic E-state index is -0.901. The van der Waals surface area contributed by atoms with Crippen molar-refractivity contribution in [1.82, 2.24) is 4.98 Å². The van der Waals surface area contributed by atoms with Gasteiger partial charge in [-0.05, 0) is 42.9 Å². The van der Waals surface area contributed by atoms with Gasteiger partial charge in [-0.3, -0.25) is 0 Å². The van der Waals surface area contributed by atoms with Gasteiger partial charge in [0, 0.05) is 16.9 Å². The van der Waals surface area contributed by atoms with Gasteiger partial charge >= 0.3 is 5.97 Å². The van der Waals surface area contributed by atoms with Crippen LogP contribution < -0.4 is 0 Å². The predicted octanol–water partition coefficient (Wildman–Crippen LogP) is 4.07. The van der Waals surface area contributed by atoms with Crippen molar-refractivity contribution in [1.29, 1.82) is 0 Å². The minimum Gasteiger partial charge on any atom is -0.478 e. The number of rotatable bonds is 3. The van der Waals surface area contributed by atoms with E-state index in [4.69, 9.17) is 0 Å². The Morgan fingerprint density at radius 2 is 2.23 bits per heavy atom. The van der Waals surface area contributed by atoms with Crippen LogP contribution >= 0.6 is 11.3 Å². The van der Waals surface area contributed by atoms with Crippen LogP contribution in [-0.2, 0) is 6.42 Å². The fourth-order valence-electron chi connectivity index (χ4n) is 2.64. The molecule has 1 aromatic carbocycles. The van der Waals surface area contributed by atoms with Crippen LogP contribution in [0.1, 0.15) is 64.3 Å². The number of benzene rings is 1. The minimum absolute atomic E-state index is 0.337. The molecule has 1 aliphatic rings. The van der Waals surface area contributed by atoms with Crippen molar-refractivity contribution in [3.05, 3.63) is 51.0 Å². The number of aromatic carboxylic acids is 1. The first-order valence-electron chi connectivity index (χ1n) is 7.51. The summed E-state index contributed by atoms with van der Waals surface area (Å²) in [7, 11) is 0. The van der Waals surface area contributed by atoms with Crippen molar-refractivity contribution in [3.63, 3.8) is 0 Å². The predicted molar refractivity (Wildman–Crippen MR) is 87.5 cm³/mol. The Morgan fingerprint density at radius 3 is 2.86 bits per heavy atom. The third-order valence-electron chi connectivity index (χ3n) is 4.11. The van der Waals surface area contributed by atoms with Gasteiger partial charge in [-0.15, -0.1) is 11.3 Å². The maximum atomic E-state index is 11.3. The fraction of sp³-hybridized carbons (Fsp3) is 0.333. The van der Waals surface area contributed by atoms with Crippen LogP contribution in [0.4, 0.5) is 0 Å². The van der Waals surface area contributed by atoms with Crippen LogP contribution in [-0.4, -0.2) is 16.1 Å². The van der Waals surface area contributed by atoms with E-state index in [1.807, 2.05) is 13.0 Å². The summed E-state index contributed by atoms with van der Waals surface area (Å²) in [5.74, 6) is 5.91. The SMILES string of the molecule is CCc1c(C#Cc2nc(C3CCC3)cs2)cccc1C(=O)O. The number of carboxylic acid groups (broad SMARTS) is 1. The van der Waals surface area contributed by atoms with Crippen molar-refractivity contribution in [2.75, 3.05) is 0 Å². The van der Waals surface area contributed by atoms with E-state index in [1.54, 1.807) is 23.5 Å². The maximum absolute atomic E-state index is 11.3. The second-order valence-corrected chi connectivity index (χ2v) is 6.30. The van der Waals surface area contributed by atoms with Gasteiger partial charge in [0.25, 0.3) is 0 Å². The molecule has 1 fully saturated rings. The number of hydrogen-bond acceptors (Lipinski definition) is 3. The second-order valence-electron chi connectivity index (χ2n) is 5.45. The van der Waals surface area contributed by atoms with Crippen LogP contribution in [0.25, 0.3) is 0 Å². The number of thiazole rings is 1. The monoisotopic (exact) mass is 311 g/mol. The van der Waals surface area contributed by atoms with Gasteiger partial charge in [0.05, 0.1) is 11.3 Å². The van der Waals surface area contributed by atoms with E-state index in [2.05, 4.69) is 22.2 Å². The van der Waals surface area contributed by atoms with Gasteiger partial charge in [-0.25, -0.2) is 9.78 Å². The van der Waals surface area contributed by atoms with Crippen LogP contribution in [0.5, 0.6) is 0 Å². The number of hydrogen-bond donors (Lipinski definition) is 1. The summed E-state index contributed by atoms with van der Waals surface area (Å²) in [6, 6.07) is 5.25. The fourth-order valence-corrected chi connectivity index (χ4v) is 3.39. The first kappa shape index (κ1) is 14.8. The smallest absolute Gasteiger partial charge is 0.336 e. The normalized spacial score (nSPS) is 14.0. The van der Waals surface area contributed by atoms with E-state index in [-0.39, 0.29) is 0 Å². The molecule has 1 N–H and O–H groups in total. The van der Waals surface area contributed by atoms with Gasteiger partial charge in [-0.1, -0.05) is 25.3 Å². The molecule has 0 unspecified atom stereocenters. The summed E-state index contributed by atoms with van der Waals surface area (Å²) in [4.78, 5) is 15.9. The first-order valence-corrected chi connectivity index (χ1v) is 8.39. The van der Waals surface area contributed by atoms with Crippen LogP contribution in [0, 0.1) is 11.8 Å². The van der Waals surface area contributed by atoms with Gasteiger partial charge in [-0.2, -0.15) is 0 Å². The molecule has 112 valence electrons. The number of nitrogens with zero attached hydrogens (tertiary/aromatic N) is 1. The zero-order chi connectivity index (χ0) is 15.5. The molecule has 4 heteroatoms. The highest BCUT2D eigenvalue weighted by Gasteiger charge is 2.21. The molecule has 0 atom stereocenters. The average Bonchev–Trinajstić information content (AvgIpc) is 2.91. The number of carboxylic acids is 1. The lowest BCUT2D eigenvalue weighted by Gasteiger charge is -2.22. The van der Waals surface area contributed by atoms with E-state index in [9.17, 15) is 9.90 Å². The third-order valence-corrected chi connectivity index (χ3v) is 4.89. The molecule has 3 nitrogen and oxygen atoms in total. The molecule has 3 rings (SSSR count). The standard InChI is InChI=1S/C18H17NO2S/c1-2-14-12(5-4-8-15(14)18(20)21)9-10-17-19-16(11-22-17)13-6-3-7-13/h4-5,8,11,13H,2-3,6-7H2,1H3,(H,20,21). The zero-order valence-corrected chi connectivity index (χ0v) is 13.2. The quantitative estimate of drug-likeness (QED) is 0.869. The van der Waals surface area contributed by atoms with Crippen molar-refractivity contribution in [2.45, 2.75) is 38.5 Å². The molecule has 1 aliphatic carbocycles. The van der Waals surface area contributed by atoms with Crippen LogP contribution in [0.15, 0.2) is 23.6 Å². The van der Waals surface area contributed by atoms with Gasteiger partial charge < -0.3 is 5.11 Å². The van der Waals surface area contributed by atoms with Crippen molar-refractivity contribution in [2.24, 2.45) is 0 Å². The molecular formula is C18H17NO2S. The lowest BCUT2D eigenvalue weighted by atomic mass is 9.83. The molecule has 2 aromatic rings. The Balaban J connectivity index is 1.88. The molecule has 0 radical (unpaired) electrons. The third kappa shape index (κ3) is 2.90. The molecule has 0 spiro atoms. The molecule has 0 aliphatic heterocycles. The Kier molecular flexibility index (Phi) is 4.26. The van der Waals surface area contributed by atoms with E-state index in [1.165, 1.54) is 19.3 Å². The summed E-state index contributed by atoms with van der Waals surface area (Å²) in [6.07, 6.45) is 4.41. The van der Waals surface area contributed by atoms with E-state index >= 15 is 0 Å². The van der Waals surface area contributed by atoms with Crippen molar-refractivity contribution >= 4 is 17.3 Å². The first-order chi connectivity index (χ1) is 10.7. The van der Waals surface area contributed by atoms with Gasteiger partial charge in [0.15, 0.2) is 5.01 Å². The molecular weight excluding hydrogens is 294 g/mol. The number of carbonyl (C=O) groups is 1. The molecule has 1 aromatic heterocycles. The summed E-state index contributed by atoms with van der Waals surface area (Å²) in [5.41, 5.74) is 3.07. The summed E-state index contributed by atoms with van der Waals surface area (Å²) >= 11 is 1.57. The zero-order valence-electron chi connectivity index (χ0n) is 12.4. The Hall–Kier alpha value is -2.12. The molecule has 0 saturated heterocycles. The topological polar surface area (TPSA) is 50.2 Å². The molecule has 0 amide bonds. The van der Waals surface area contributed by atoms with Crippen LogP contribution in [0.3, 0.4) is 0 Å². The molecule has 0 bridgehead atoms. The second kappa shape index (κ2) is 6.33. The lowest BCUT2D eigenvalue weighted by molar-refractivity contribution is 0.0695. The Morgan fingerprint density at radius 1 is 1.41 bits per heavy atom. The van der Waals surface area contributed by atoms with Gasteiger partial charge in [0.2, 0.25) is 0 Å². The number of aromatic nitrogens is 1. The van der Waals surface area contributed by atoms with Crippen LogP contribution in [0.2, 0.25) is 0 Å². The van der Waals surface area contributed by atoms with E-state index < -0.39 is 5.97 Å². The summed E-state index contributed by atoms with van der Waals surface area (Å²) in [5, 5.41) is 12.2. The molecule has 1 heterocycles. The lowest BCUT2D eigenvalue weighted by Crippen LogP contribution is -2.08. The Labute approximate surface area is 134 Å². The van der Waals surface area contributed by atoms with Crippen molar-refractivity contribution < 1.29 is 9.90 Å². The highest BCUT2D eigenvalue weighted by molar-refractivity contribution is 7.10.